The highest BCUT2D eigenvalue weighted by atomic mass is 16.2. The van der Waals surface area contributed by atoms with Gasteiger partial charge in [0.1, 0.15) is 0 Å². The zero-order valence-corrected chi connectivity index (χ0v) is 31.5. The molecule has 15 nitrogen and oxygen atoms in total. The number of fused-ring (bicyclic) bond motifs is 1. The van der Waals surface area contributed by atoms with Crippen LogP contribution in [-0.2, 0) is 43.4 Å². The van der Waals surface area contributed by atoms with E-state index >= 15 is 0 Å². The molecule has 0 saturated carbocycles. The number of nitrogens with two attached hydrogens (primary N) is 3. The van der Waals surface area contributed by atoms with Crippen molar-refractivity contribution in [2.45, 2.75) is 83.5 Å². The predicted octanol–water partition coefficient (Wildman–Crippen LogP) is 2.44. The van der Waals surface area contributed by atoms with E-state index in [1.54, 1.807) is 12.4 Å². The largest absolute Gasteiger partial charge is 0.369 e. The molecule has 4 aromatic rings. The number of Topliss-reactive ketones (excluding diaryl/α,β-unsaturated/α-hetero) is 3. The van der Waals surface area contributed by atoms with Crippen LogP contribution in [0.5, 0.6) is 0 Å². The van der Waals surface area contributed by atoms with Gasteiger partial charge >= 0.3 is 6.03 Å². The van der Waals surface area contributed by atoms with Gasteiger partial charge in [-0.3, -0.25) is 24.0 Å². The summed E-state index contributed by atoms with van der Waals surface area (Å²) < 4.78 is 0. The van der Waals surface area contributed by atoms with Crippen LogP contribution in [0.1, 0.15) is 62.8 Å². The maximum atomic E-state index is 13.9. The monoisotopic (exact) mass is 755 g/mol. The van der Waals surface area contributed by atoms with Gasteiger partial charge < -0.3 is 42.7 Å². The molecule has 5 atom stereocenters. The third-order valence-electron chi connectivity index (χ3n) is 9.74. The Morgan fingerprint density at radius 2 is 1.49 bits per heavy atom. The fraction of sp³-hybridized carbons (Fsp3) is 0.425. The van der Waals surface area contributed by atoms with Crippen LogP contribution in [0.15, 0.2) is 73.3 Å². The fourth-order valence-corrected chi connectivity index (χ4v) is 6.37. The Labute approximate surface area is 320 Å². The summed E-state index contributed by atoms with van der Waals surface area (Å²) in [5.41, 5.74) is 20.4. The molecule has 0 saturated heterocycles. The molecular formula is C40H53N9O6. The Morgan fingerprint density at radius 3 is 2.16 bits per heavy atom. The zero-order valence-electron chi connectivity index (χ0n) is 31.5. The second kappa shape index (κ2) is 20.7. The lowest BCUT2D eigenvalue weighted by Gasteiger charge is -2.26. The third-order valence-corrected chi connectivity index (χ3v) is 9.74. The summed E-state index contributed by atoms with van der Waals surface area (Å²) >= 11 is 0. The SMILES string of the molecule is C[C@H](NC(=O)N(CC(=O)[C@@H](N)Cc1cnc[nH]1)Cc1ccccc1)C(=O)C[C@@H](Cc1c[nH]c2ccccc12)C(=O)N[C@H](C)C(=O)C[C@@H](CCCCN)C(N)=O. The summed E-state index contributed by atoms with van der Waals surface area (Å²) in [6.07, 6.45) is 6.56. The highest BCUT2D eigenvalue weighted by molar-refractivity contribution is 5.96. The molecule has 0 radical (unpaired) electrons. The first-order chi connectivity index (χ1) is 26.4. The second-order valence-corrected chi connectivity index (χ2v) is 14.1. The number of aromatic amines is 2. The van der Waals surface area contributed by atoms with Crippen molar-refractivity contribution in [3.8, 4) is 0 Å². The number of carbonyl (C=O) groups is 6. The summed E-state index contributed by atoms with van der Waals surface area (Å²) in [6, 6.07) is 13.1. The average molecular weight is 756 g/mol. The van der Waals surface area contributed by atoms with Gasteiger partial charge in [-0.15, -0.1) is 0 Å². The molecule has 2 aromatic carbocycles. The van der Waals surface area contributed by atoms with E-state index in [1.807, 2.05) is 54.6 Å². The molecule has 4 amide bonds. The number of hydrogen-bond acceptors (Lipinski definition) is 9. The van der Waals surface area contributed by atoms with E-state index in [4.69, 9.17) is 17.2 Å². The minimum atomic E-state index is -1.04. The van der Waals surface area contributed by atoms with Crippen molar-refractivity contribution < 1.29 is 28.8 Å². The van der Waals surface area contributed by atoms with Crippen LogP contribution in [-0.4, -0.2) is 86.3 Å². The quantitative estimate of drug-likeness (QED) is 0.0548. The maximum absolute atomic E-state index is 13.9. The normalized spacial score (nSPS) is 14.0. The Bertz CT molecular complexity index is 1890. The average Bonchev–Trinajstić information content (AvgIpc) is 3.84. The van der Waals surface area contributed by atoms with Crippen LogP contribution < -0.4 is 27.8 Å². The molecule has 0 spiro atoms. The predicted molar refractivity (Wildman–Crippen MR) is 208 cm³/mol. The molecule has 294 valence electrons. The van der Waals surface area contributed by atoms with Crippen LogP contribution in [0.3, 0.4) is 0 Å². The number of unbranched alkanes of at least 4 members (excludes halogenated alkanes) is 1. The molecule has 0 bridgehead atoms. The number of H-pyrrole nitrogens is 2. The summed E-state index contributed by atoms with van der Waals surface area (Å²) in [5, 5.41) is 6.36. The summed E-state index contributed by atoms with van der Waals surface area (Å²) in [4.78, 5) is 91.1. The Balaban J connectivity index is 1.47. The molecule has 0 aliphatic carbocycles. The van der Waals surface area contributed by atoms with Gasteiger partial charge in [-0.05, 0) is 56.8 Å². The van der Waals surface area contributed by atoms with Gasteiger partial charge in [-0.2, -0.15) is 0 Å². The lowest BCUT2D eigenvalue weighted by atomic mass is 9.90. The molecule has 10 N–H and O–H groups in total. The van der Waals surface area contributed by atoms with Gasteiger partial charge in [0, 0.05) is 66.6 Å². The Kier molecular flexibility index (Phi) is 15.8. The van der Waals surface area contributed by atoms with E-state index in [9.17, 15) is 28.8 Å². The molecule has 0 fully saturated rings. The van der Waals surface area contributed by atoms with Gasteiger partial charge in [0.2, 0.25) is 11.8 Å². The molecule has 0 aliphatic heterocycles. The molecule has 55 heavy (non-hydrogen) atoms. The van der Waals surface area contributed by atoms with Crippen LogP contribution >= 0.6 is 0 Å². The van der Waals surface area contributed by atoms with Crippen LogP contribution in [0.2, 0.25) is 0 Å². The number of benzene rings is 2. The molecule has 15 heteroatoms. The van der Waals surface area contributed by atoms with Gasteiger partial charge in [0.05, 0.1) is 31.0 Å². The lowest BCUT2D eigenvalue weighted by Crippen LogP contribution is -2.50. The first kappa shape index (κ1) is 42.1. The number of imidazole rings is 1. The van der Waals surface area contributed by atoms with Crippen molar-refractivity contribution in [1.29, 1.82) is 0 Å². The highest BCUT2D eigenvalue weighted by Gasteiger charge is 2.31. The minimum absolute atomic E-state index is 0.0806. The van der Waals surface area contributed by atoms with Crippen LogP contribution in [0, 0.1) is 11.8 Å². The van der Waals surface area contributed by atoms with Gasteiger partial charge in [-0.25, -0.2) is 9.78 Å². The Hall–Kier alpha value is -5.67. The van der Waals surface area contributed by atoms with Gasteiger partial charge in [-0.1, -0.05) is 55.0 Å². The van der Waals surface area contributed by atoms with Crippen molar-refractivity contribution in [3.05, 3.63) is 90.1 Å². The smallest absolute Gasteiger partial charge is 0.318 e. The summed E-state index contributed by atoms with van der Waals surface area (Å²) in [5.74, 6) is -3.89. The van der Waals surface area contributed by atoms with Crippen molar-refractivity contribution in [3.63, 3.8) is 0 Å². The highest BCUT2D eigenvalue weighted by Crippen LogP contribution is 2.23. The van der Waals surface area contributed by atoms with E-state index in [0.717, 1.165) is 22.0 Å². The van der Waals surface area contributed by atoms with Crippen molar-refractivity contribution in [2.75, 3.05) is 13.1 Å². The topological polar surface area (TPSA) is 252 Å². The number of nitrogens with zero attached hydrogens (tertiary/aromatic N) is 2. The summed E-state index contributed by atoms with van der Waals surface area (Å²) in [6.45, 7) is 3.29. The maximum Gasteiger partial charge on any atom is 0.318 e. The number of aromatic nitrogens is 3. The Morgan fingerprint density at radius 1 is 0.818 bits per heavy atom. The van der Waals surface area contributed by atoms with Crippen LogP contribution in [0.25, 0.3) is 10.9 Å². The molecule has 4 rings (SSSR count). The van der Waals surface area contributed by atoms with Gasteiger partial charge in [0.15, 0.2) is 17.3 Å². The number of rotatable bonds is 23. The minimum Gasteiger partial charge on any atom is -0.369 e. The first-order valence-electron chi connectivity index (χ1n) is 18.6. The number of carbonyl (C=O) groups excluding carboxylic acids is 6. The number of primary amides is 1. The second-order valence-electron chi connectivity index (χ2n) is 14.1. The lowest BCUT2D eigenvalue weighted by molar-refractivity contribution is -0.133. The number of nitrogens with one attached hydrogen (secondary N) is 4. The number of ketones is 3. The van der Waals surface area contributed by atoms with E-state index < -0.39 is 53.6 Å². The zero-order chi connectivity index (χ0) is 39.9. The number of urea groups is 1. The standard InChI is InChI=1S/C40H53N9O6/c1-25(35(50)17-28(38(43)53)12-8-9-15-41)47-39(54)29(16-30-20-45-34-14-7-6-13-32(30)34)18-36(51)26(2)48-40(55)49(22-27-10-4-3-5-11-27)23-37(52)33(42)19-31-21-44-24-46-31/h3-7,10-11,13-14,20-21,24-26,28-29,33,45H,8-9,12,15-19,22-23,41-42H2,1-2H3,(H2,43,53)(H,44,46)(H,47,54)(H,48,55)/t25-,26+,28-,29-,33+/m1/s1. The van der Waals surface area contributed by atoms with Crippen LogP contribution in [0.4, 0.5) is 4.79 Å². The van der Waals surface area contributed by atoms with E-state index in [2.05, 4.69) is 25.6 Å². The molecule has 2 heterocycles. The van der Waals surface area contributed by atoms with E-state index in [1.165, 1.54) is 25.1 Å². The summed E-state index contributed by atoms with van der Waals surface area (Å²) in [7, 11) is 0. The molecule has 0 unspecified atom stereocenters. The van der Waals surface area contributed by atoms with Crippen molar-refractivity contribution in [1.82, 2.24) is 30.5 Å². The first-order valence-corrected chi connectivity index (χ1v) is 18.6. The number of amides is 4. The van der Waals surface area contributed by atoms with Gasteiger partial charge in [0.25, 0.3) is 0 Å². The third kappa shape index (κ3) is 12.7. The fourth-order valence-electron chi connectivity index (χ4n) is 6.37. The van der Waals surface area contributed by atoms with Crippen molar-refractivity contribution in [2.24, 2.45) is 29.0 Å². The van der Waals surface area contributed by atoms with Crippen molar-refractivity contribution >= 4 is 46.1 Å². The number of hydrogen-bond donors (Lipinski definition) is 7. The van der Waals surface area contributed by atoms with E-state index in [0.29, 0.717) is 31.5 Å². The molecular weight excluding hydrogens is 702 g/mol. The van der Waals surface area contributed by atoms with E-state index in [-0.39, 0.29) is 50.3 Å². The molecule has 0 aliphatic rings. The molecule has 2 aromatic heterocycles. The number of para-hydroxylation sites is 1.